The lowest BCUT2D eigenvalue weighted by Crippen LogP contribution is -2.47. The molecule has 21 heavy (non-hydrogen) atoms. The van der Waals surface area contributed by atoms with E-state index in [0.717, 1.165) is 31.4 Å². The maximum absolute atomic E-state index is 12.8. The first kappa shape index (κ1) is 16.3. The number of ether oxygens (including phenoxy) is 1. The summed E-state index contributed by atoms with van der Waals surface area (Å²) in [6.07, 6.45) is 3.89. The smallest absolute Gasteiger partial charge is 0.243 e. The molecule has 0 bridgehead atoms. The van der Waals surface area contributed by atoms with E-state index in [4.69, 9.17) is 4.74 Å². The number of nitrogens with zero attached hydrogens (tertiary/aromatic N) is 1. The van der Waals surface area contributed by atoms with Crippen LogP contribution in [0.1, 0.15) is 46.5 Å². The zero-order chi connectivity index (χ0) is 15.5. The van der Waals surface area contributed by atoms with Crippen LogP contribution in [0.15, 0.2) is 29.2 Å². The van der Waals surface area contributed by atoms with Gasteiger partial charge in [0, 0.05) is 12.1 Å². The fourth-order valence-corrected chi connectivity index (χ4v) is 4.80. The van der Waals surface area contributed by atoms with Crippen LogP contribution in [0, 0.1) is 0 Å². The molecule has 0 radical (unpaired) electrons. The lowest BCUT2D eigenvalue weighted by molar-refractivity contribution is 0.204. The van der Waals surface area contributed by atoms with Crippen molar-refractivity contribution in [2.24, 2.45) is 0 Å². The van der Waals surface area contributed by atoms with Crippen LogP contribution in [0.5, 0.6) is 5.75 Å². The molecule has 1 saturated heterocycles. The molecule has 1 aromatic rings. The highest BCUT2D eigenvalue weighted by Gasteiger charge is 2.35. The highest BCUT2D eigenvalue weighted by molar-refractivity contribution is 7.89. The average Bonchev–Trinajstić information content (AvgIpc) is 2.45. The molecule has 0 amide bonds. The molecule has 1 fully saturated rings. The largest absolute Gasteiger partial charge is 0.494 e. The minimum absolute atomic E-state index is 0.0646. The Bertz CT molecular complexity index is 543. The molecular weight excluding hydrogens is 286 g/mol. The topological polar surface area (TPSA) is 46.6 Å². The van der Waals surface area contributed by atoms with Gasteiger partial charge in [-0.15, -0.1) is 0 Å². The van der Waals surface area contributed by atoms with Gasteiger partial charge in [-0.05, 0) is 57.4 Å². The highest BCUT2D eigenvalue weighted by atomic mass is 32.2. The summed E-state index contributed by atoms with van der Waals surface area (Å²) in [6.45, 7) is 6.67. The normalized spacial score (nSPS) is 24.0. The molecule has 1 aliphatic rings. The predicted molar refractivity (Wildman–Crippen MR) is 84.0 cm³/mol. The van der Waals surface area contributed by atoms with Crippen LogP contribution in [0.2, 0.25) is 0 Å². The number of benzene rings is 1. The van der Waals surface area contributed by atoms with E-state index in [0.29, 0.717) is 11.5 Å². The van der Waals surface area contributed by atoms with Crippen molar-refractivity contribution in [2.75, 3.05) is 6.61 Å². The van der Waals surface area contributed by atoms with Crippen molar-refractivity contribution in [3.8, 4) is 5.75 Å². The Morgan fingerprint density at radius 1 is 1.14 bits per heavy atom. The summed E-state index contributed by atoms with van der Waals surface area (Å²) in [5, 5.41) is 0. The lowest BCUT2D eigenvalue weighted by atomic mass is 10.0. The van der Waals surface area contributed by atoms with E-state index in [9.17, 15) is 8.42 Å². The summed E-state index contributed by atoms with van der Waals surface area (Å²) in [7, 11) is -3.42. The third-order valence-electron chi connectivity index (χ3n) is 3.98. The van der Waals surface area contributed by atoms with Crippen LogP contribution >= 0.6 is 0 Å². The van der Waals surface area contributed by atoms with Crippen molar-refractivity contribution in [3.05, 3.63) is 24.3 Å². The van der Waals surface area contributed by atoms with Crippen molar-refractivity contribution in [2.45, 2.75) is 63.4 Å². The van der Waals surface area contributed by atoms with Gasteiger partial charge in [0.25, 0.3) is 0 Å². The van der Waals surface area contributed by atoms with Crippen LogP contribution in [0.4, 0.5) is 0 Å². The van der Waals surface area contributed by atoms with E-state index in [1.54, 1.807) is 28.6 Å². The van der Waals surface area contributed by atoms with Gasteiger partial charge in [0.15, 0.2) is 0 Å². The molecule has 0 saturated carbocycles. The summed E-state index contributed by atoms with van der Waals surface area (Å²) >= 11 is 0. The molecule has 5 heteroatoms. The SMILES string of the molecule is CCCOc1ccc(S(=O)(=O)N2C(C)CCCC2C)cc1. The Balaban J connectivity index is 2.22. The molecule has 0 aromatic heterocycles. The van der Waals surface area contributed by atoms with Gasteiger partial charge in [-0.3, -0.25) is 0 Å². The third kappa shape index (κ3) is 3.58. The van der Waals surface area contributed by atoms with Crippen molar-refractivity contribution < 1.29 is 13.2 Å². The minimum atomic E-state index is -3.42. The Kier molecular flexibility index (Phi) is 5.27. The summed E-state index contributed by atoms with van der Waals surface area (Å²) in [6, 6.07) is 6.90. The molecule has 1 aromatic carbocycles. The van der Waals surface area contributed by atoms with Crippen molar-refractivity contribution in [1.82, 2.24) is 4.31 Å². The zero-order valence-corrected chi connectivity index (χ0v) is 13.9. The number of hydrogen-bond acceptors (Lipinski definition) is 3. The number of hydrogen-bond donors (Lipinski definition) is 0. The van der Waals surface area contributed by atoms with Crippen LogP contribution < -0.4 is 4.74 Å². The number of rotatable bonds is 5. The summed E-state index contributed by atoms with van der Waals surface area (Å²) in [5.74, 6) is 0.718. The maximum atomic E-state index is 12.8. The van der Waals surface area contributed by atoms with Gasteiger partial charge < -0.3 is 4.74 Å². The summed E-state index contributed by atoms with van der Waals surface area (Å²) in [4.78, 5) is 0.354. The first-order valence-corrected chi connectivity index (χ1v) is 9.17. The molecule has 0 spiro atoms. The molecule has 2 rings (SSSR count). The molecule has 0 N–H and O–H groups in total. The maximum Gasteiger partial charge on any atom is 0.243 e. The Hall–Kier alpha value is -1.07. The Labute approximate surface area is 128 Å². The van der Waals surface area contributed by atoms with Gasteiger partial charge in [-0.2, -0.15) is 4.31 Å². The second-order valence-electron chi connectivity index (χ2n) is 5.78. The molecule has 1 heterocycles. The quantitative estimate of drug-likeness (QED) is 0.837. The van der Waals surface area contributed by atoms with Gasteiger partial charge in [-0.1, -0.05) is 13.3 Å². The van der Waals surface area contributed by atoms with Crippen molar-refractivity contribution >= 4 is 10.0 Å². The molecule has 2 unspecified atom stereocenters. The first-order chi connectivity index (χ1) is 9.96. The summed E-state index contributed by atoms with van der Waals surface area (Å²) in [5.41, 5.74) is 0. The molecular formula is C16H25NO3S. The van der Waals surface area contributed by atoms with E-state index < -0.39 is 10.0 Å². The standard InChI is InChI=1S/C16H25NO3S/c1-4-12-20-15-8-10-16(11-9-15)21(18,19)17-13(2)6-5-7-14(17)3/h8-11,13-14H,4-7,12H2,1-3H3. The van der Waals surface area contributed by atoms with Gasteiger partial charge >= 0.3 is 0 Å². The van der Waals surface area contributed by atoms with Gasteiger partial charge in [0.05, 0.1) is 11.5 Å². The van der Waals surface area contributed by atoms with E-state index in [1.807, 2.05) is 20.8 Å². The number of piperidine rings is 1. The second-order valence-corrected chi connectivity index (χ2v) is 7.63. The predicted octanol–water partition coefficient (Wildman–Crippen LogP) is 3.43. The van der Waals surface area contributed by atoms with E-state index in [1.165, 1.54) is 0 Å². The van der Waals surface area contributed by atoms with Crippen LogP contribution in [-0.2, 0) is 10.0 Å². The van der Waals surface area contributed by atoms with Gasteiger partial charge in [0.2, 0.25) is 10.0 Å². The fraction of sp³-hybridized carbons (Fsp3) is 0.625. The molecule has 4 nitrogen and oxygen atoms in total. The molecule has 1 aliphatic heterocycles. The molecule has 0 aliphatic carbocycles. The first-order valence-electron chi connectivity index (χ1n) is 7.73. The van der Waals surface area contributed by atoms with E-state index >= 15 is 0 Å². The molecule has 2 atom stereocenters. The van der Waals surface area contributed by atoms with Crippen molar-refractivity contribution in [1.29, 1.82) is 0 Å². The van der Waals surface area contributed by atoms with Crippen molar-refractivity contribution in [3.63, 3.8) is 0 Å². The van der Waals surface area contributed by atoms with Crippen LogP contribution in [0.25, 0.3) is 0 Å². The van der Waals surface area contributed by atoms with Crippen LogP contribution in [-0.4, -0.2) is 31.4 Å². The third-order valence-corrected chi connectivity index (χ3v) is 6.13. The zero-order valence-electron chi connectivity index (χ0n) is 13.1. The van der Waals surface area contributed by atoms with Gasteiger partial charge in [-0.25, -0.2) is 8.42 Å². The van der Waals surface area contributed by atoms with Gasteiger partial charge in [0.1, 0.15) is 5.75 Å². The lowest BCUT2D eigenvalue weighted by Gasteiger charge is -2.37. The molecule has 118 valence electrons. The fourth-order valence-electron chi connectivity index (χ4n) is 2.92. The minimum Gasteiger partial charge on any atom is -0.494 e. The Morgan fingerprint density at radius 2 is 1.71 bits per heavy atom. The average molecular weight is 311 g/mol. The monoisotopic (exact) mass is 311 g/mol. The van der Waals surface area contributed by atoms with E-state index in [-0.39, 0.29) is 12.1 Å². The Morgan fingerprint density at radius 3 is 2.24 bits per heavy atom. The van der Waals surface area contributed by atoms with E-state index in [2.05, 4.69) is 0 Å². The second kappa shape index (κ2) is 6.79. The number of sulfonamides is 1. The summed E-state index contributed by atoms with van der Waals surface area (Å²) < 4.78 is 32.8. The highest BCUT2D eigenvalue weighted by Crippen LogP contribution is 2.30. The van der Waals surface area contributed by atoms with Crippen LogP contribution in [0.3, 0.4) is 0 Å².